The standard InChI is InChI=1S/C11H19NO3S2/c1-2-15-11(16)17-10(8-12(13)14)9-6-4-3-5-7-9/h9-10H,2-8H2,1H3. The molecule has 0 aromatic carbocycles. The molecule has 1 saturated carbocycles. The molecule has 0 aliphatic heterocycles. The van der Waals surface area contributed by atoms with Gasteiger partial charge in [0, 0.05) is 4.92 Å². The van der Waals surface area contributed by atoms with E-state index in [2.05, 4.69) is 0 Å². The summed E-state index contributed by atoms with van der Waals surface area (Å²) < 4.78 is 5.67. The lowest BCUT2D eigenvalue weighted by Gasteiger charge is -2.27. The third-order valence-electron chi connectivity index (χ3n) is 3.01. The Morgan fingerprint density at radius 3 is 2.71 bits per heavy atom. The summed E-state index contributed by atoms with van der Waals surface area (Å²) in [4.78, 5) is 10.5. The molecular weight excluding hydrogens is 258 g/mol. The van der Waals surface area contributed by atoms with Crippen molar-refractivity contribution in [3.05, 3.63) is 10.1 Å². The molecule has 0 bridgehead atoms. The lowest BCUT2D eigenvalue weighted by molar-refractivity contribution is -0.480. The molecule has 17 heavy (non-hydrogen) atoms. The average molecular weight is 277 g/mol. The zero-order chi connectivity index (χ0) is 12.7. The van der Waals surface area contributed by atoms with Gasteiger partial charge in [-0.1, -0.05) is 31.0 Å². The lowest BCUT2D eigenvalue weighted by atomic mass is 9.87. The topological polar surface area (TPSA) is 52.4 Å². The molecule has 0 heterocycles. The van der Waals surface area contributed by atoms with Crippen molar-refractivity contribution in [3.63, 3.8) is 0 Å². The van der Waals surface area contributed by atoms with Crippen LogP contribution in [0.5, 0.6) is 0 Å². The number of thioether (sulfide) groups is 1. The molecule has 0 aromatic rings. The van der Waals surface area contributed by atoms with Gasteiger partial charge in [-0.2, -0.15) is 0 Å². The maximum Gasteiger partial charge on any atom is 0.220 e. The highest BCUT2D eigenvalue weighted by atomic mass is 32.2. The van der Waals surface area contributed by atoms with E-state index in [1.165, 1.54) is 31.0 Å². The zero-order valence-corrected chi connectivity index (χ0v) is 11.7. The highest BCUT2D eigenvalue weighted by molar-refractivity contribution is 8.23. The number of rotatable bonds is 5. The molecule has 1 rings (SSSR count). The number of ether oxygens (including phenoxy) is 1. The summed E-state index contributed by atoms with van der Waals surface area (Å²) in [6, 6.07) is 0. The van der Waals surface area contributed by atoms with E-state index < -0.39 is 0 Å². The van der Waals surface area contributed by atoms with E-state index in [0.29, 0.717) is 16.9 Å². The largest absolute Gasteiger partial charge is 0.479 e. The van der Waals surface area contributed by atoms with Gasteiger partial charge in [-0.3, -0.25) is 10.1 Å². The number of hydrogen-bond donors (Lipinski definition) is 0. The van der Waals surface area contributed by atoms with E-state index in [0.717, 1.165) is 12.8 Å². The predicted molar refractivity (Wildman–Crippen MR) is 74.0 cm³/mol. The molecule has 4 nitrogen and oxygen atoms in total. The van der Waals surface area contributed by atoms with Crippen LogP contribution in [-0.2, 0) is 4.74 Å². The molecule has 0 saturated heterocycles. The van der Waals surface area contributed by atoms with E-state index in [-0.39, 0.29) is 16.7 Å². The van der Waals surface area contributed by atoms with Crippen molar-refractivity contribution in [1.29, 1.82) is 0 Å². The van der Waals surface area contributed by atoms with Crippen molar-refractivity contribution in [1.82, 2.24) is 0 Å². The Hall–Kier alpha value is -0.360. The number of nitrogens with zero attached hydrogens (tertiary/aromatic N) is 1. The second kappa shape index (κ2) is 7.87. The molecule has 6 heteroatoms. The Balaban J connectivity index is 2.52. The fourth-order valence-electron chi connectivity index (χ4n) is 2.21. The van der Waals surface area contributed by atoms with Crippen molar-refractivity contribution in [3.8, 4) is 0 Å². The Kier molecular flexibility index (Phi) is 6.80. The fraction of sp³-hybridized carbons (Fsp3) is 0.909. The summed E-state index contributed by atoms with van der Waals surface area (Å²) in [5.74, 6) is 0.414. The van der Waals surface area contributed by atoms with Gasteiger partial charge in [0.1, 0.15) is 0 Å². The minimum absolute atomic E-state index is 0.0114. The number of nitro groups is 1. The molecule has 0 spiro atoms. The van der Waals surface area contributed by atoms with Crippen LogP contribution in [0.2, 0.25) is 0 Å². The first-order valence-corrected chi connectivity index (χ1v) is 7.37. The van der Waals surface area contributed by atoms with Crippen LogP contribution in [0.4, 0.5) is 0 Å². The zero-order valence-electron chi connectivity index (χ0n) is 10.1. The first-order chi connectivity index (χ1) is 8.13. The van der Waals surface area contributed by atoms with Crippen LogP contribution in [0.15, 0.2) is 0 Å². The maximum atomic E-state index is 10.7. The third-order valence-corrected chi connectivity index (χ3v) is 4.57. The Morgan fingerprint density at radius 1 is 1.53 bits per heavy atom. The Bertz CT molecular complexity index is 267. The second-order valence-corrected chi connectivity index (χ2v) is 6.09. The van der Waals surface area contributed by atoms with E-state index in [1.807, 2.05) is 6.92 Å². The van der Waals surface area contributed by atoms with E-state index in [1.54, 1.807) is 0 Å². The summed E-state index contributed by atoms with van der Waals surface area (Å²) >= 11 is 6.44. The molecule has 0 amide bonds. The van der Waals surface area contributed by atoms with Gasteiger partial charge in [0.2, 0.25) is 10.9 Å². The monoisotopic (exact) mass is 277 g/mol. The molecule has 0 aromatic heterocycles. The van der Waals surface area contributed by atoms with Crippen LogP contribution in [-0.4, -0.2) is 27.7 Å². The summed E-state index contributed by atoms with van der Waals surface area (Å²) in [5, 5.41) is 10.7. The van der Waals surface area contributed by atoms with Gasteiger partial charge in [0.05, 0.1) is 11.9 Å². The molecule has 1 aliphatic rings. The average Bonchev–Trinajstić information content (AvgIpc) is 2.29. The molecule has 0 radical (unpaired) electrons. The fourth-order valence-corrected chi connectivity index (χ4v) is 3.79. The molecular formula is C11H19NO3S2. The Labute approximate surface area is 112 Å². The SMILES string of the molecule is CCOC(=S)SC(C[N+](=O)[O-])C1CCCCC1. The van der Waals surface area contributed by atoms with Crippen molar-refractivity contribution in [2.24, 2.45) is 5.92 Å². The van der Waals surface area contributed by atoms with Gasteiger partial charge in [0.25, 0.3) is 0 Å². The van der Waals surface area contributed by atoms with Gasteiger partial charge in [0.15, 0.2) is 0 Å². The number of thiocarbonyl (C=S) groups is 1. The van der Waals surface area contributed by atoms with E-state index >= 15 is 0 Å². The summed E-state index contributed by atoms with van der Waals surface area (Å²) in [6.45, 7) is 2.39. The molecule has 0 N–H and O–H groups in total. The van der Waals surface area contributed by atoms with Gasteiger partial charge in [-0.15, -0.1) is 0 Å². The smallest absolute Gasteiger partial charge is 0.220 e. The summed E-state index contributed by atoms with van der Waals surface area (Å²) in [6.07, 6.45) is 5.78. The molecule has 1 aliphatic carbocycles. The van der Waals surface area contributed by atoms with Crippen molar-refractivity contribution in [2.75, 3.05) is 13.2 Å². The van der Waals surface area contributed by atoms with Crippen molar-refractivity contribution < 1.29 is 9.66 Å². The first kappa shape index (κ1) is 14.7. The maximum absolute atomic E-state index is 10.7. The third kappa shape index (κ3) is 5.68. The highest BCUT2D eigenvalue weighted by Crippen LogP contribution is 2.33. The highest BCUT2D eigenvalue weighted by Gasteiger charge is 2.29. The minimum Gasteiger partial charge on any atom is -0.479 e. The first-order valence-electron chi connectivity index (χ1n) is 6.08. The van der Waals surface area contributed by atoms with E-state index in [4.69, 9.17) is 17.0 Å². The molecule has 98 valence electrons. The van der Waals surface area contributed by atoms with Crippen LogP contribution in [0.1, 0.15) is 39.0 Å². The quantitative estimate of drug-likeness (QED) is 0.438. The van der Waals surface area contributed by atoms with Gasteiger partial charge < -0.3 is 4.74 Å². The molecule has 1 atom stereocenters. The van der Waals surface area contributed by atoms with Gasteiger partial charge in [-0.05, 0) is 37.9 Å². The van der Waals surface area contributed by atoms with Crippen molar-refractivity contribution >= 4 is 28.4 Å². The van der Waals surface area contributed by atoms with Crippen LogP contribution in [0.25, 0.3) is 0 Å². The van der Waals surface area contributed by atoms with E-state index in [9.17, 15) is 10.1 Å². The second-order valence-electron chi connectivity index (χ2n) is 4.25. The predicted octanol–water partition coefficient (Wildman–Crippen LogP) is 3.27. The summed E-state index contributed by atoms with van der Waals surface area (Å²) in [5.41, 5.74) is 0. The van der Waals surface area contributed by atoms with Crippen molar-refractivity contribution in [2.45, 2.75) is 44.3 Å². The normalized spacial score (nSPS) is 18.6. The lowest BCUT2D eigenvalue weighted by Crippen LogP contribution is -2.29. The van der Waals surface area contributed by atoms with Gasteiger partial charge >= 0.3 is 0 Å². The van der Waals surface area contributed by atoms with Crippen LogP contribution in [0, 0.1) is 16.0 Å². The number of hydrogen-bond acceptors (Lipinski definition) is 5. The Morgan fingerprint density at radius 2 is 2.18 bits per heavy atom. The van der Waals surface area contributed by atoms with Crippen LogP contribution in [0.3, 0.4) is 0 Å². The molecule has 1 unspecified atom stereocenters. The minimum atomic E-state index is -0.235. The van der Waals surface area contributed by atoms with Gasteiger partial charge in [-0.25, -0.2) is 0 Å². The summed E-state index contributed by atoms with van der Waals surface area (Å²) in [7, 11) is 0. The van der Waals surface area contributed by atoms with Crippen LogP contribution < -0.4 is 0 Å². The van der Waals surface area contributed by atoms with Crippen LogP contribution >= 0.6 is 24.0 Å². The molecule has 1 fully saturated rings.